The van der Waals surface area contributed by atoms with Crippen LogP contribution in [-0.2, 0) is 0 Å². The Balaban J connectivity index is 1.55. The number of oxazole rings is 1. The fourth-order valence-electron chi connectivity index (χ4n) is 3.38. The summed E-state index contributed by atoms with van der Waals surface area (Å²) in [5.74, 6) is 0.586. The van der Waals surface area contributed by atoms with Crippen molar-refractivity contribution in [3.8, 4) is 17.2 Å². The lowest BCUT2D eigenvalue weighted by Crippen LogP contribution is -2.34. The first-order valence-corrected chi connectivity index (χ1v) is 10.9. The van der Waals surface area contributed by atoms with E-state index in [4.69, 9.17) is 21.4 Å². The van der Waals surface area contributed by atoms with Crippen molar-refractivity contribution in [1.29, 1.82) is 0 Å². The quantitative estimate of drug-likeness (QED) is 0.355. The van der Waals surface area contributed by atoms with Crippen LogP contribution in [0.5, 0.6) is 5.75 Å². The van der Waals surface area contributed by atoms with Gasteiger partial charge in [0.15, 0.2) is 16.3 Å². The molecule has 0 radical (unpaired) electrons. The number of thiocarbonyl (C=S) groups is 1. The zero-order valence-corrected chi connectivity index (χ0v) is 19.9. The first-order chi connectivity index (χ1) is 15.4. The van der Waals surface area contributed by atoms with Crippen molar-refractivity contribution in [2.75, 3.05) is 12.4 Å². The number of pyridine rings is 1. The lowest BCUT2D eigenvalue weighted by molar-refractivity contribution is 0.0974. The number of halogens is 1. The minimum absolute atomic E-state index is 0.161. The average molecular weight is 511 g/mol. The molecule has 0 aliphatic heterocycles. The van der Waals surface area contributed by atoms with Crippen molar-refractivity contribution in [1.82, 2.24) is 15.3 Å². The van der Waals surface area contributed by atoms with E-state index in [1.807, 2.05) is 44.2 Å². The predicted molar refractivity (Wildman–Crippen MR) is 131 cm³/mol. The molecule has 2 aromatic heterocycles. The number of carbonyl (C=O) groups excluding carboxylic acids is 1. The highest BCUT2D eigenvalue weighted by atomic mass is 79.9. The number of rotatable bonds is 4. The molecule has 7 nitrogen and oxygen atoms in total. The number of aryl methyl sites for hydroxylation is 1. The minimum atomic E-state index is -0.373. The molecule has 4 rings (SSSR count). The van der Waals surface area contributed by atoms with Gasteiger partial charge in [0, 0.05) is 21.9 Å². The van der Waals surface area contributed by atoms with Crippen molar-refractivity contribution < 1.29 is 13.9 Å². The Morgan fingerprint density at radius 2 is 2.00 bits per heavy atom. The van der Waals surface area contributed by atoms with Crippen LogP contribution in [0.3, 0.4) is 0 Å². The summed E-state index contributed by atoms with van der Waals surface area (Å²) >= 11 is 8.80. The van der Waals surface area contributed by atoms with E-state index in [0.29, 0.717) is 28.4 Å². The molecular weight excluding hydrogens is 492 g/mol. The van der Waals surface area contributed by atoms with Crippen molar-refractivity contribution in [2.24, 2.45) is 0 Å². The Kier molecular flexibility index (Phi) is 6.20. The number of hydrogen-bond acceptors (Lipinski definition) is 6. The van der Waals surface area contributed by atoms with Gasteiger partial charge in [-0.15, -0.1) is 0 Å². The van der Waals surface area contributed by atoms with Gasteiger partial charge in [-0.1, -0.05) is 22.0 Å². The topological polar surface area (TPSA) is 89.3 Å². The highest BCUT2D eigenvalue weighted by Gasteiger charge is 2.18. The van der Waals surface area contributed by atoms with E-state index in [1.165, 1.54) is 7.11 Å². The third-order valence-corrected chi connectivity index (χ3v) is 5.55. The predicted octanol–water partition coefficient (Wildman–Crippen LogP) is 5.40. The molecule has 4 aromatic rings. The third kappa shape index (κ3) is 4.35. The largest absolute Gasteiger partial charge is 0.496 e. The maximum absolute atomic E-state index is 12.8. The van der Waals surface area contributed by atoms with E-state index in [-0.39, 0.29) is 11.0 Å². The summed E-state index contributed by atoms with van der Waals surface area (Å²) < 4.78 is 12.0. The molecule has 0 spiro atoms. The number of methoxy groups -OCH3 is 1. The van der Waals surface area contributed by atoms with Crippen LogP contribution in [0.15, 0.2) is 57.6 Å². The molecule has 32 heavy (non-hydrogen) atoms. The van der Waals surface area contributed by atoms with E-state index in [9.17, 15) is 4.79 Å². The second-order valence-electron chi connectivity index (χ2n) is 7.03. The molecule has 2 N–H and O–H groups in total. The number of benzene rings is 2. The van der Waals surface area contributed by atoms with Gasteiger partial charge in [-0.05, 0) is 73.6 Å². The number of ether oxygens (including phenoxy) is 1. The van der Waals surface area contributed by atoms with Gasteiger partial charge in [0.2, 0.25) is 5.89 Å². The second kappa shape index (κ2) is 9.05. The van der Waals surface area contributed by atoms with Crippen molar-refractivity contribution in [3.05, 3.63) is 69.8 Å². The maximum atomic E-state index is 12.8. The number of hydrogen-bond donors (Lipinski definition) is 2. The fraction of sp³-hybridized carbons (Fsp3) is 0.130. The van der Waals surface area contributed by atoms with Crippen molar-refractivity contribution in [2.45, 2.75) is 13.8 Å². The van der Waals surface area contributed by atoms with Gasteiger partial charge >= 0.3 is 0 Å². The van der Waals surface area contributed by atoms with Crippen LogP contribution in [0.25, 0.3) is 22.7 Å². The molecule has 2 aromatic carbocycles. The molecule has 1 amide bonds. The lowest BCUT2D eigenvalue weighted by Gasteiger charge is -2.15. The van der Waals surface area contributed by atoms with Crippen LogP contribution in [0.1, 0.15) is 21.5 Å². The molecule has 2 heterocycles. The van der Waals surface area contributed by atoms with Crippen LogP contribution in [0.2, 0.25) is 0 Å². The first-order valence-electron chi connectivity index (χ1n) is 9.65. The fourth-order valence-corrected chi connectivity index (χ4v) is 4.16. The Hall–Kier alpha value is -3.30. The summed E-state index contributed by atoms with van der Waals surface area (Å²) in [5, 5.41) is 5.96. The summed E-state index contributed by atoms with van der Waals surface area (Å²) in [5.41, 5.74) is 4.76. The number of nitrogens with zero attached hydrogens (tertiary/aromatic N) is 2. The number of carbonyl (C=O) groups is 1. The minimum Gasteiger partial charge on any atom is -0.496 e. The summed E-state index contributed by atoms with van der Waals surface area (Å²) in [7, 11) is 1.53. The van der Waals surface area contributed by atoms with Gasteiger partial charge in [-0.2, -0.15) is 4.98 Å². The Morgan fingerprint density at radius 1 is 1.19 bits per heavy atom. The number of amides is 1. The summed E-state index contributed by atoms with van der Waals surface area (Å²) in [6.45, 7) is 3.79. The Bertz CT molecular complexity index is 1320. The van der Waals surface area contributed by atoms with E-state index < -0.39 is 0 Å². The number of fused-ring (bicyclic) bond motifs is 1. The van der Waals surface area contributed by atoms with E-state index >= 15 is 0 Å². The molecule has 0 fully saturated rings. The van der Waals surface area contributed by atoms with Crippen LogP contribution in [0.4, 0.5) is 5.69 Å². The molecule has 0 unspecified atom stereocenters. The normalized spacial score (nSPS) is 10.8. The summed E-state index contributed by atoms with van der Waals surface area (Å²) in [6.07, 6.45) is 1.67. The highest BCUT2D eigenvalue weighted by Crippen LogP contribution is 2.30. The molecule has 9 heteroatoms. The van der Waals surface area contributed by atoms with Crippen LogP contribution >= 0.6 is 28.1 Å². The van der Waals surface area contributed by atoms with E-state index in [0.717, 1.165) is 26.9 Å². The van der Waals surface area contributed by atoms with Crippen LogP contribution in [0, 0.1) is 13.8 Å². The van der Waals surface area contributed by atoms with Gasteiger partial charge in [0.25, 0.3) is 5.91 Å². The Labute approximate surface area is 198 Å². The zero-order chi connectivity index (χ0) is 22.8. The lowest BCUT2D eigenvalue weighted by atomic mass is 10.1. The zero-order valence-electron chi connectivity index (χ0n) is 17.5. The maximum Gasteiger partial charge on any atom is 0.261 e. The molecule has 0 bridgehead atoms. The van der Waals surface area contributed by atoms with Gasteiger partial charge in [-0.3, -0.25) is 10.1 Å². The second-order valence-corrected chi connectivity index (χ2v) is 8.36. The van der Waals surface area contributed by atoms with Crippen LogP contribution < -0.4 is 15.4 Å². The van der Waals surface area contributed by atoms with Gasteiger partial charge < -0.3 is 14.5 Å². The summed E-state index contributed by atoms with van der Waals surface area (Å²) in [6, 6.07) is 12.8. The molecular formula is C23H19BrN4O3S. The number of nitrogens with one attached hydrogen (secondary N) is 2. The molecule has 0 aliphatic rings. The molecule has 0 aliphatic carbocycles. The monoisotopic (exact) mass is 510 g/mol. The van der Waals surface area contributed by atoms with Gasteiger partial charge in [-0.25, -0.2) is 4.98 Å². The Morgan fingerprint density at radius 3 is 2.75 bits per heavy atom. The molecule has 0 atom stereocenters. The molecule has 0 saturated carbocycles. The van der Waals surface area contributed by atoms with Crippen molar-refractivity contribution in [3.63, 3.8) is 0 Å². The average Bonchev–Trinajstić information content (AvgIpc) is 3.18. The number of anilines is 1. The standard InChI is InChI=1S/C23H19BrN4O3S/c1-12-10-14(24)11-16(19(12)30-3)21(29)28-23(32)26-17-7-4-6-15(13(17)2)22-27-20-18(31-22)8-5-9-25-20/h4-11H,1-3H3,(H2,26,28,29,32). The van der Waals surface area contributed by atoms with E-state index in [2.05, 4.69) is 36.5 Å². The third-order valence-electron chi connectivity index (χ3n) is 4.89. The van der Waals surface area contributed by atoms with Gasteiger partial charge in [0.05, 0.1) is 12.7 Å². The smallest absolute Gasteiger partial charge is 0.261 e. The SMILES string of the molecule is COc1c(C)cc(Br)cc1C(=O)NC(=S)Nc1cccc(-c2nc3ncccc3o2)c1C. The number of aromatic nitrogens is 2. The highest BCUT2D eigenvalue weighted by molar-refractivity contribution is 9.10. The summed E-state index contributed by atoms with van der Waals surface area (Å²) in [4.78, 5) is 21.5. The van der Waals surface area contributed by atoms with E-state index in [1.54, 1.807) is 18.3 Å². The first kappa shape index (κ1) is 21.9. The van der Waals surface area contributed by atoms with Crippen molar-refractivity contribution >= 4 is 56.1 Å². The molecule has 162 valence electrons. The van der Waals surface area contributed by atoms with Crippen LogP contribution in [-0.4, -0.2) is 28.1 Å². The molecule has 0 saturated heterocycles. The van der Waals surface area contributed by atoms with Gasteiger partial charge in [0.1, 0.15) is 5.75 Å².